The standard InChI is InChI=1S/C16H18ClN3OS/c1-18-16(22-2)20-8-4-7-14(20)13-10-15(21-19-13)11-5-3-6-12(17)9-11/h3,5-6,9-10,14H,4,7-8H2,1-2H3/t14-/m0/s1. The van der Waals surface area contributed by atoms with E-state index < -0.39 is 0 Å². The molecule has 6 heteroatoms. The number of nitrogens with zero attached hydrogens (tertiary/aromatic N) is 3. The summed E-state index contributed by atoms with van der Waals surface area (Å²) in [6.45, 7) is 1.01. The third-order valence-electron chi connectivity index (χ3n) is 3.85. The lowest BCUT2D eigenvalue weighted by atomic mass is 10.1. The molecule has 1 saturated heterocycles. The highest BCUT2D eigenvalue weighted by molar-refractivity contribution is 8.13. The molecule has 1 aromatic heterocycles. The number of halogens is 1. The van der Waals surface area contributed by atoms with Gasteiger partial charge in [0.25, 0.3) is 0 Å². The summed E-state index contributed by atoms with van der Waals surface area (Å²) in [4.78, 5) is 6.68. The summed E-state index contributed by atoms with van der Waals surface area (Å²) in [5.41, 5.74) is 1.91. The minimum absolute atomic E-state index is 0.239. The largest absolute Gasteiger partial charge is 0.356 e. The van der Waals surface area contributed by atoms with E-state index in [9.17, 15) is 0 Å². The van der Waals surface area contributed by atoms with Crippen LogP contribution in [-0.2, 0) is 0 Å². The van der Waals surface area contributed by atoms with Crippen LogP contribution < -0.4 is 0 Å². The molecular weight excluding hydrogens is 318 g/mol. The van der Waals surface area contributed by atoms with E-state index in [0.29, 0.717) is 5.02 Å². The molecule has 0 saturated carbocycles. The molecule has 0 N–H and O–H groups in total. The first-order chi connectivity index (χ1) is 10.7. The fraction of sp³-hybridized carbons (Fsp3) is 0.375. The maximum absolute atomic E-state index is 6.04. The highest BCUT2D eigenvalue weighted by Gasteiger charge is 2.30. The lowest BCUT2D eigenvalue weighted by molar-refractivity contribution is 0.362. The molecule has 0 amide bonds. The molecular formula is C16H18ClN3OS. The summed E-state index contributed by atoms with van der Waals surface area (Å²) >= 11 is 7.71. The van der Waals surface area contributed by atoms with E-state index in [0.717, 1.165) is 41.6 Å². The number of hydrogen-bond acceptors (Lipinski definition) is 4. The second-order valence-electron chi connectivity index (χ2n) is 5.19. The van der Waals surface area contributed by atoms with Gasteiger partial charge in [-0.15, -0.1) is 0 Å². The zero-order valence-electron chi connectivity index (χ0n) is 12.6. The molecule has 1 aromatic carbocycles. The number of amidine groups is 1. The van der Waals surface area contributed by atoms with Gasteiger partial charge in [0.2, 0.25) is 0 Å². The average Bonchev–Trinajstić information content (AvgIpc) is 3.17. The van der Waals surface area contributed by atoms with Gasteiger partial charge >= 0.3 is 0 Å². The third-order valence-corrected chi connectivity index (χ3v) is 4.87. The van der Waals surface area contributed by atoms with Crippen LogP contribution in [0.3, 0.4) is 0 Å². The van der Waals surface area contributed by atoms with E-state index in [-0.39, 0.29) is 6.04 Å². The van der Waals surface area contributed by atoms with Crippen LogP contribution in [0.5, 0.6) is 0 Å². The van der Waals surface area contributed by atoms with Crippen LogP contribution >= 0.6 is 23.4 Å². The monoisotopic (exact) mass is 335 g/mol. The molecule has 116 valence electrons. The second-order valence-corrected chi connectivity index (χ2v) is 6.40. The molecule has 3 rings (SSSR count). The molecule has 1 aliphatic rings. The topological polar surface area (TPSA) is 41.6 Å². The summed E-state index contributed by atoms with van der Waals surface area (Å²) in [5.74, 6) is 0.753. The Morgan fingerprint density at radius 1 is 1.45 bits per heavy atom. The van der Waals surface area contributed by atoms with E-state index in [1.807, 2.05) is 37.4 Å². The summed E-state index contributed by atoms with van der Waals surface area (Å²) in [5, 5.41) is 6.03. The van der Waals surface area contributed by atoms with Crippen LogP contribution in [0.1, 0.15) is 24.6 Å². The Morgan fingerprint density at radius 3 is 3.05 bits per heavy atom. The quantitative estimate of drug-likeness (QED) is 0.599. The number of rotatable bonds is 2. The van der Waals surface area contributed by atoms with Crippen molar-refractivity contribution in [3.8, 4) is 11.3 Å². The molecule has 0 unspecified atom stereocenters. The van der Waals surface area contributed by atoms with E-state index >= 15 is 0 Å². The lowest BCUT2D eigenvalue weighted by Crippen LogP contribution is -2.28. The molecule has 1 atom stereocenters. The first kappa shape index (κ1) is 15.4. The van der Waals surface area contributed by atoms with E-state index in [1.165, 1.54) is 0 Å². The van der Waals surface area contributed by atoms with Crippen molar-refractivity contribution in [2.45, 2.75) is 18.9 Å². The molecule has 0 bridgehead atoms. The number of hydrogen-bond donors (Lipinski definition) is 0. The molecule has 4 nitrogen and oxygen atoms in total. The van der Waals surface area contributed by atoms with Crippen molar-refractivity contribution in [3.63, 3.8) is 0 Å². The highest BCUT2D eigenvalue weighted by atomic mass is 35.5. The van der Waals surface area contributed by atoms with E-state index in [2.05, 4.69) is 21.3 Å². The van der Waals surface area contributed by atoms with Crippen molar-refractivity contribution >= 4 is 28.5 Å². The SMILES string of the molecule is CN=C(SC)N1CCC[C@H]1c1cc(-c2cccc(Cl)c2)on1. The Bertz CT molecular complexity index is 686. The summed E-state index contributed by atoms with van der Waals surface area (Å²) in [6, 6.07) is 9.88. The number of aromatic nitrogens is 1. The molecule has 1 aliphatic heterocycles. The van der Waals surface area contributed by atoms with Crippen LogP contribution in [-0.4, -0.2) is 35.1 Å². The minimum atomic E-state index is 0.239. The number of benzene rings is 1. The summed E-state index contributed by atoms with van der Waals surface area (Å²) in [6.07, 6.45) is 4.27. The smallest absolute Gasteiger partial charge is 0.167 e. The molecule has 0 aliphatic carbocycles. The van der Waals surface area contributed by atoms with Gasteiger partial charge in [-0.05, 0) is 31.2 Å². The van der Waals surface area contributed by atoms with Gasteiger partial charge in [0.1, 0.15) is 5.69 Å². The predicted molar refractivity (Wildman–Crippen MR) is 92.5 cm³/mol. The summed E-state index contributed by atoms with van der Waals surface area (Å²) < 4.78 is 5.53. The zero-order chi connectivity index (χ0) is 15.5. The normalized spacial score (nSPS) is 19.0. The van der Waals surface area contributed by atoms with E-state index in [4.69, 9.17) is 16.1 Å². The van der Waals surface area contributed by atoms with Gasteiger partial charge in [0.05, 0.1) is 6.04 Å². The van der Waals surface area contributed by atoms with Crippen LogP contribution in [0.25, 0.3) is 11.3 Å². The molecule has 2 aromatic rings. The average molecular weight is 336 g/mol. The zero-order valence-corrected chi connectivity index (χ0v) is 14.2. The van der Waals surface area contributed by atoms with E-state index in [1.54, 1.807) is 11.8 Å². The fourth-order valence-corrected chi connectivity index (χ4v) is 3.69. The Kier molecular flexibility index (Phi) is 4.74. The third kappa shape index (κ3) is 3.01. The minimum Gasteiger partial charge on any atom is -0.356 e. The van der Waals surface area contributed by atoms with Crippen LogP contribution in [0.2, 0.25) is 5.02 Å². The van der Waals surface area contributed by atoms with Gasteiger partial charge in [0, 0.05) is 30.2 Å². The van der Waals surface area contributed by atoms with Crippen LogP contribution in [0.15, 0.2) is 39.8 Å². The lowest BCUT2D eigenvalue weighted by Gasteiger charge is -2.24. The van der Waals surface area contributed by atoms with Crippen molar-refractivity contribution in [3.05, 3.63) is 41.0 Å². The van der Waals surface area contributed by atoms with Gasteiger partial charge in [-0.1, -0.05) is 40.7 Å². The molecule has 0 spiro atoms. The highest BCUT2D eigenvalue weighted by Crippen LogP contribution is 2.35. The maximum Gasteiger partial charge on any atom is 0.167 e. The van der Waals surface area contributed by atoms with Gasteiger partial charge in [0.15, 0.2) is 10.9 Å². The Hall–Kier alpha value is -1.46. The molecule has 0 radical (unpaired) electrons. The molecule has 2 heterocycles. The fourth-order valence-electron chi connectivity index (χ4n) is 2.86. The first-order valence-electron chi connectivity index (χ1n) is 7.23. The van der Waals surface area contributed by atoms with Crippen LogP contribution in [0, 0.1) is 0 Å². The van der Waals surface area contributed by atoms with Crippen molar-refractivity contribution < 1.29 is 4.52 Å². The molecule has 1 fully saturated rings. The second kappa shape index (κ2) is 6.75. The number of aliphatic imine (C=N–C) groups is 1. The Labute approximate surface area is 139 Å². The van der Waals surface area contributed by atoms with Crippen molar-refractivity contribution in [1.82, 2.24) is 10.1 Å². The van der Waals surface area contributed by atoms with Gasteiger partial charge in [-0.3, -0.25) is 4.99 Å². The number of thioether (sulfide) groups is 1. The van der Waals surface area contributed by atoms with Crippen molar-refractivity contribution in [1.29, 1.82) is 0 Å². The predicted octanol–water partition coefficient (Wildman–Crippen LogP) is 4.48. The Balaban J connectivity index is 1.87. The maximum atomic E-state index is 6.04. The Morgan fingerprint density at radius 2 is 2.32 bits per heavy atom. The van der Waals surface area contributed by atoms with Crippen molar-refractivity contribution in [2.24, 2.45) is 4.99 Å². The molecule has 22 heavy (non-hydrogen) atoms. The van der Waals surface area contributed by atoms with Gasteiger partial charge < -0.3 is 9.42 Å². The van der Waals surface area contributed by atoms with Gasteiger partial charge in [-0.25, -0.2) is 0 Å². The van der Waals surface area contributed by atoms with Crippen LogP contribution in [0.4, 0.5) is 0 Å². The van der Waals surface area contributed by atoms with Gasteiger partial charge in [-0.2, -0.15) is 0 Å². The first-order valence-corrected chi connectivity index (χ1v) is 8.83. The summed E-state index contributed by atoms with van der Waals surface area (Å²) in [7, 11) is 1.83. The number of likely N-dealkylation sites (tertiary alicyclic amines) is 1. The van der Waals surface area contributed by atoms with Crippen molar-refractivity contribution in [2.75, 3.05) is 19.8 Å².